The Balaban J connectivity index is 1.65. The Labute approximate surface area is 183 Å². The van der Waals surface area contributed by atoms with Crippen LogP contribution >= 0.6 is 0 Å². The molecular weight excluding hydrogens is 390 g/mol. The number of nitrogens with zero attached hydrogens (tertiary/aromatic N) is 5. The molecule has 7 nitrogen and oxygen atoms in total. The lowest BCUT2D eigenvalue weighted by Gasteiger charge is -2.36. The molecule has 0 radical (unpaired) electrons. The van der Waals surface area contributed by atoms with Gasteiger partial charge in [0.15, 0.2) is 0 Å². The van der Waals surface area contributed by atoms with E-state index in [1.54, 1.807) is 18.5 Å². The number of unbranched alkanes of at least 4 members (excludes halogenated alkanes) is 1. The van der Waals surface area contributed by atoms with E-state index in [-0.39, 0.29) is 11.8 Å². The molecular formula is C24H29N5O2. The lowest BCUT2D eigenvalue weighted by atomic mass is 9.99. The van der Waals surface area contributed by atoms with Crippen molar-refractivity contribution in [2.75, 3.05) is 37.6 Å². The van der Waals surface area contributed by atoms with Gasteiger partial charge in [0.25, 0.3) is 11.8 Å². The molecule has 2 aromatic rings. The third-order valence-electron chi connectivity index (χ3n) is 6.11. The maximum Gasteiger partial charge on any atom is 0.277 e. The van der Waals surface area contributed by atoms with Crippen molar-refractivity contribution in [3.8, 4) is 0 Å². The molecule has 0 unspecified atom stereocenters. The molecule has 0 N–H and O–H groups in total. The van der Waals surface area contributed by atoms with E-state index in [0.717, 1.165) is 24.0 Å². The standard InChI is InChI=1S/C24H29N5O2/c1-4-5-11-29-22(30)20(19-8-7-17(2)18(3)16-19)21(23(29)31)27-12-14-28(15-13-27)24-25-9-6-10-26-24/h6-10,16H,4-5,11-15H2,1-3H3. The quantitative estimate of drug-likeness (QED) is 0.671. The van der Waals surface area contributed by atoms with Crippen molar-refractivity contribution in [2.24, 2.45) is 0 Å². The molecule has 1 fully saturated rings. The number of rotatable bonds is 6. The lowest BCUT2D eigenvalue weighted by Crippen LogP contribution is -2.48. The van der Waals surface area contributed by atoms with Crippen molar-refractivity contribution < 1.29 is 9.59 Å². The highest BCUT2D eigenvalue weighted by Crippen LogP contribution is 2.33. The van der Waals surface area contributed by atoms with E-state index < -0.39 is 0 Å². The number of amides is 2. The summed E-state index contributed by atoms with van der Waals surface area (Å²) < 4.78 is 0. The van der Waals surface area contributed by atoms with E-state index in [9.17, 15) is 9.59 Å². The molecule has 2 aliphatic heterocycles. The summed E-state index contributed by atoms with van der Waals surface area (Å²) in [6, 6.07) is 7.80. The number of hydrogen-bond donors (Lipinski definition) is 0. The average Bonchev–Trinajstić information content (AvgIpc) is 3.04. The lowest BCUT2D eigenvalue weighted by molar-refractivity contribution is -0.137. The Morgan fingerprint density at radius 1 is 0.903 bits per heavy atom. The maximum absolute atomic E-state index is 13.4. The summed E-state index contributed by atoms with van der Waals surface area (Å²) in [6.07, 6.45) is 5.21. The first kappa shape index (κ1) is 21.0. The second-order valence-corrected chi connectivity index (χ2v) is 8.16. The van der Waals surface area contributed by atoms with Crippen LogP contribution in [0.4, 0.5) is 5.95 Å². The van der Waals surface area contributed by atoms with Crippen LogP contribution in [0.2, 0.25) is 0 Å². The molecule has 0 saturated carbocycles. The molecule has 3 heterocycles. The minimum atomic E-state index is -0.175. The summed E-state index contributed by atoms with van der Waals surface area (Å²) in [4.78, 5) is 41.0. The number of benzene rings is 1. The van der Waals surface area contributed by atoms with Crippen molar-refractivity contribution in [2.45, 2.75) is 33.6 Å². The highest BCUT2D eigenvalue weighted by Gasteiger charge is 2.42. The summed E-state index contributed by atoms with van der Waals surface area (Å²) in [5.74, 6) is 0.352. The summed E-state index contributed by atoms with van der Waals surface area (Å²) in [7, 11) is 0. The molecule has 0 spiro atoms. The second kappa shape index (κ2) is 8.88. The van der Waals surface area contributed by atoms with Gasteiger partial charge >= 0.3 is 0 Å². The Kier molecular flexibility index (Phi) is 6.02. The van der Waals surface area contributed by atoms with Crippen LogP contribution in [0.3, 0.4) is 0 Å². The van der Waals surface area contributed by atoms with Crippen molar-refractivity contribution >= 4 is 23.3 Å². The van der Waals surface area contributed by atoms with E-state index >= 15 is 0 Å². The van der Waals surface area contributed by atoms with Crippen molar-refractivity contribution in [3.05, 3.63) is 59.0 Å². The Bertz CT molecular complexity index is 1010. The first-order valence-electron chi connectivity index (χ1n) is 11.0. The monoisotopic (exact) mass is 419 g/mol. The largest absolute Gasteiger partial charge is 0.363 e. The van der Waals surface area contributed by atoms with Gasteiger partial charge in [0, 0.05) is 45.1 Å². The molecule has 2 aliphatic rings. The first-order valence-corrected chi connectivity index (χ1v) is 11.0. The fraction of sp³-hybridized carbons (Fsp3) is 0.417. The minimum Gasteiger partial charge on any atom is -0.363 e. The Hall–Kier alpha value is -3.22. The average molecular weight is 420 g/mol. The molecule has 0 aliphatic carbocycles. The zero-order valence-electron chi connectivity index (χ0n) is 18.5. The van der Waals surface area contributed by atoms with Crippen molar-refractivity contribution in [1.29, 1.82) is 0 Å². The van der Waals surface area contributed by atoms with Gasteiger partial charge in [-0.1, -0.05) is 31.5 Å². The molecule has 0 bridgehead atoms. The zero-order chi connectivity index (χ0) is 22.0. The van der Waals surface area contributed by atoms with Gasteiger partial charge in [-0.05, 0) is 43.0 Å². The fourth-order valence-electron chi connectivity index (χ4n) is 4.12. The van der Waals surface area contributed by atoms with Crippen molar-refractivity contribution in [3.63, 3.8) is 0 Å². The molecule has 0 atom stereocenters. The van der Waals surface area contributed by atoms with E-state index in [0.29, 0.717) is 49.9 Å². The molecule has 1 aromatic carbocycles. The van der Waals surface area contributed by atoms with E-state index in [1.165, 1.54) is 10.5 Å². The van der Waals surface area contributed by atoms with Crippen LogP contribution in [-0.4, -0.2) is 64.3 Å². The zero-order valence-corrected chi connectivity index (χ0v) is 18.5. The molecule has 1 saturated heterocycles. The first-order chi connectivity index (χ1) is 15.0. The number of piperazine rings is 1. The van der Waals surface area contributed by atoms with Gasteiger partial charge in [0.05, 0.1) is 5.57 Å². The van der Waals surface area contributed by atoms with Crippen LogP contribution in [0.15, 0.2) is 42.4 Å². The third kappa shape index (κ3) is 4.04. The maximum atomic E-state index is 13.4. The summed E-state index contributed by atoms with van der Waals surface area (Å²) in [5.41, 5.74) is 4.18. The second-order valence-electron chi connectivity index (χ2n) is 8.16. The van der Waals surface area contributed by atoms with Gasteiger partial charge in [-0.2, -0.15) is 0 Å². The number of aromatic nitrogens is 2. The molecule has 1 aromatic heterocycles. The van der Waals surface area contributed by atoms with Gasteiger partial charge in [-0.15, -0.1) is 0 Å². The number of aryl methyl sites for hydroxylation is 2. The molecule has 2 amide bonds. The smallest absolute Gasteiger partial charge is 0.277 e. The van der Waals surface area contributed by atoms with Crippen LogP contribution in [0.5, 0.6) is 0 Å². The van der Waals surface area contributed by atoms with Crippen LogP contribution < -0.4 is 4.90 Å². The fourth-order valence-corrected chi connectivity index (χ4v) is 4.12. The number of carbonyl (C=O) groups is 2. The number of imide groups is 1. The summed E-state index contributed by atoms with van der Waals surface area (Å²) in [6.45, 7) is 9.29. The van der Waals surface area contributed by atoms with Gasteiger partial charge in [0.2, 0.25) is 5.95 Å². The Morgan fingerprint density at radius 3 is 2.23 bits per heavy atom. The van der Waals surface area contributed by atoms with Crippen molar-refractivity contribution in [1.82, 2.24) is 19.8 Å². The third-order valence-corrected chi connectivity index (χ3v) is 6.11. The van der Waals surface area contributed by atoms with E-state index in [2.05, 4.69) is 33.6 Å². The molecule has 31 heavy (non-hydrogen) atoms. The van der Waals surface area contributed by atoms with Crippen LogP contribution in [0, 0.1) is 13.8 Å². The highest BCUT2D eigenvalue weighted by atomic mass is 16.2. The minimum absolute atomic E-state index is 0.170. The summed E-state index contributed by atoms with van der Waals surface area (Å²) in [5, 5.41) is 0. The number of carbonyl (C=O) groups excluding carboxylic acids is 2. The van der Waals surface area contributed by atoms with E-state index in [4.69, 9.17) is 0 Å². The van der Waals surface area contributed by atoms with E-state index in [1.807, 2.05) is 25.1 Å². The predicted octanol–water partition coefficient (Wildman–Crippen LogP) is 2.80. The van der Waals surface area contributed by atoms with Gasteiger partial charge in [-0.25, -0.2) is 9.97 Å². The molecule has 7 heteroatoms. The van der Waals surface area contributed by atoms with Gasteiger partial charge in [0.1, 0.15) is 5.70 Å². The van der Waals surface area contributed by atoms with Crippen LogP contribution in [0.25, 0.3) is 5.57 Å². The topological polar surface area (TPSA) is 69.6 Å². The normalized spacial score (nSPS) is 17.2. The number of anilines is 1. The number of hydrogen-bond acceptors (Lipinski definition) is 6. The van der Waals surface area contributed by atoms with Crippen LogP contribution in [-0.2, 0) is 9.59 Å². The Morgan fingerprint density at radius 2 is 1.58 bits per heavy atom. The molecule has 162 valence electrons. The predicted molar refractivity (Wildman–Crippen MR) is 120 cm³/mol. The molecule has 4 rings (SSSR count). The van der Waals surface area contributed by atoms with Gasteiger partial charge < -0.3 is 9.80 Å². The summed E-state index contributed by atoms with van der Waals surface area (Å²) >= 11 is 0. The SMILES string of the molecule is CCCCN1C(=O)C(c2ccc(C)c(C)c2)=C(N2CCN(c3ncccn3)CC2)C1=O. The van der Waals surface area contributed by atoms with Gasteiger partial charge in [-0.3, -0.25) is 14.5 Å². The van der Waals surface area contributed by atoms with Crippen LogP contribution in [0.1, 0.15) is 36.5 Å². The highest BCUT2D eigenvalue weighted by molar-refractivity contribution is 6.35.